The molecule has 0 aliphatic carbocycles. The van der Waals surface area contributed by atoms with Crippen molar-refractivity contribution in [2.24, 2.45) is 0 Å². The summed E-state index contributed by atoms with van der Waals surface area (Å²) in [5.41, 5.74) is 5.96. The predicted molar refractivity (Wildman–Crippen MR) is 161 cm³/mol. The third kappa shape index (κ3) is 6.68. The Bertz CT molecular complexity index is 1500. The number of amides is 2. The highest BCUT2D eigenvalue weighted by atomic mass is 32.2. The number of anilines is 1. The van der Waals surface area contributed by atoms with Crippen LogP contribution in [0.2, 0.25) is 0 Å². The smallest absolute Gasteiger partial charge is 0.265 e. The number of para-hydroxylation sites is 1. The molecule has 0 spiro atoms. The first-order chi connectivity index (χ1) is 19.0. The first-order valence-electron chi connectivity index (χ1n) is 13.3. The van der Waals surface area contributed by atoms with E-state index in [2.05, 4.69) is 48.6 Å². The molecule has 5 heteroatoms. The van der Waals surface area contributed by atoms with Crippen molar-refractivity contribution in [2.45, 2.75) is 44.2 Å². The summed E-state index contributed by atoms with van der Waals surface area (Å²) in [5.74, 6) is -0.106. The van der Waals surface area contributed by atoms with E-state index in [0.717, 1.165) is 34.6 Å². The standard InChI is InChI=1S/C34H32N2O2S/c1-24-9-8-12-28(21-24)23-36-30-13-6-7-14-31(30)39-32(34(36)38)22-27-17-19-29(20-18-27)33(37)35-25(2)15-16-26-10-4-3-5-11-26/h3-14,17-22,25H,15-16,23H2,1-2H3,(H,35,37)/b32-22+/t25-/m0/s1. The summed E-state index contributed by atoms with van der Waals surface area (Å²) < 4.78 is 0. The molecule has 4 aromatic carbocycles. The molecule has 0 saturated heterocycles. The van der Waals surface area contributed by atoms with Crippen LogP contribution in [-0.2, 0) is 17.8 Å². The maximum Gasteiger partial charge on any atom is 0.265 e. The fourth-order valence-corrected chi connectivity index (χ4v) is 5.76. The van der Waals surface area contributed by atoms with Crippen LogP contribution < -0.4 is 10.2 Å². The molecule has 0 aromatic heterocycles. The van der Waals surface area contributed by atoms with Gasteiger partial charge in [-0.05, 0) is 73.7 Å². The van der Waals surface area contributed by atoms with Gasteiger partial charge in [0.2, 0.25) is 0 Å². The van der Waals surface area contributed by atoms with E-state index in [1.54, 1.807) is 0 Å². The van der Waals surface area contributed by atoms with Gasteiger partial charge in [0.1, 0.15) is 0 Å². The van der Waals surface area contributed by atoms with E-state index >= 15 is 0 Å². The molecule has 0 bridgehead atoms. The lowest BCUT2D eigenvalue weighted by Gasteiger charge is -2.30. The van der Waals surface area contributed by atoms with Gasteiger partial charge in [0, 0.05) is 16.5 Å². The van der Waals surface area contributed by atoms with Gasteiger partial charge in [-0.15, -0.1) is 0 Å². The molecule has 1 N–H and O–H groups in total. The number of hydrogen-bond donors (Lipinski definition) is 1. The lowest BCUT2D eigenvalue weighted by atomic mass is 10.1. The Morgan fingerprint density at radius 2 is 1.62 bits per heavy atom. The summed E-state index contributed by atoms with van der Waals surface area (Å²) in [6.07, 6.45) is 3.71. The minimum Gasteiger partial charge on any atom is -0.350 e. The van der Waals surface area contributed by atoms with Gasteiger partial charge >= 0.3 is 0 Å². The van der Waals surface area contributed by atoms with Crippen molar-refractivity contribution < 1.29 is 9.59 Å². The van der Waals surface area contributed by atoms with Crippen LogP contribution in [0.3, 0.4) is 0 Å². The Morgan fingerprint density at radius 1 is 0.897 bits per heavy atom. The van der Waals surface area contributed by atoms with Crippen LogP contribution in [0.5, 0.6) is 0 Å². The highest BCUT2D eigenvalue weighted by Gasteiger charge is 2.29. The summed E-state index contributed by atoms with van der Waals surface area (Å²) in [6.45, 7) is 4.61. The number of aryl methyl sites for hydroxylation is 2. The van der Waals surface area contributed by atoms with Gasteiger partial charge in [-0.2, -0.15) is 0 Å². The number of nitrogens with one attached hydrogen (secondary N) is 1. The number of nitrogens with zero attached hydrogens (tertiary/aromatic N) is 1. The molecule has 0 fully saturated rings. The average Bonchev–Trinajstić information content (AvgIpc) is 2.95. The molecule has 5 rings (SSSR count). The molecule has 2 amide bonds. The number of fused-ring (bicyclic) bond motifs is 1. The van der Waals surface area contributed by atoms with E-state index in [1.165, 1.54) is 22.9 Å². The molecule has 0 unspecified atom stereocenters. The van der Waals surface area contributed by atoms with E-state index in [9.17, 15) is 9.59 Å². The molecule has 1 atom stereocenters. The van der Waals surface area contributed by atoms with Crippen molar-refractivity contribution in [1.29, 1.82) is 0 Å². The minimum atomic E-state index is -0.0869. The molecule has 39 heavy (non-hydrogen) atoms. The molecule has 1 heterocycles. The fraction of sp³-hybridized carbons (Fsp3) is 0.176. The van der Waals surface area contributed by atoms with Crippen molar-refractivity contribution in [2.75, 3.05) is 4.90 Å². The molecule has 1 aliphatic heterocycles. The highest BCUT2D eigenvalue weighted by molar-refractivity contribution is 8.04. The number of carbonyl (C=O) groups excluding carboxylic acids is 2. The van der Waals surface area contributed by atoms with Crippen LogP contribution >= 0.6 is 11.8 Å². The maximum atomic E-state index is 13.6. The predicted octanol–water partition coefficient (Wildman–Crippen LogP) is 7.43. The fourth-order valence-electron chi connectivity index (χ4n) is 4.70. The Kier molecular flexibility index (Phi) is 8.28. The van der Waals surface area contributed by atoms with E-state index < -0.39 is 0 Å². The number of carbonyl (C=O) groups is 2. The first-order valence-corrected chi connectivity index (χ1v) is 14.1. The van der Waals surface area contributed by atoms with Crippen molar-refractivity contribution in [3.05, 3.63) is 136 Å². The van der Waals surface area contributed by atoms with Gasteiger partial charge in [0.25, 0.3) is 11.8 Å². The second kappa shape index (κ2) is 12.2. The van der Waals surface area contributed by atoms with Crippen molar-refractivity contribution in [1.82, 2.24) is 5.32 Å². The van der Waals surface area contributed by atoms with E-state index in [0.29, 0.717) is 17.0 Å². The van der Waals surface area contributed by atoms with Crippen LogP contribution in [0.25, 0.3) is 6.08 Å². The van der Waals surface area contributed by atoms with E-state index in [4.69, 9.17) is 0 Å². The Morgan fingerprint density at radius 3 is 2.38 bits per heavy atom. The molecule has 4 nitrogen and oxygen atoms in total. The van der Waals surface area contributed by atoms with Gasteiger partial charge < -0.3 is 10.2 Å². The van der Waals surface area contributed by atoms with E-state index in [1.807, 2.05) is 84.6 Å². The van der Waals surface area contributed by atoms with Crippen LogP contribution in [0.15, 0.2) is 113 Å². The van der Waals surface area contributed by atoms with E-state index in [-0.39, 0.29) is 17.9 Å². The third-order valence-corrected chi connectivity index (χ3v) is 7.89. The zero-order chi connectivity index (χ0) is 27.2. The molecular weight excluding hydrogens is 500 g/mol. The second-order valence-electron chi connectivity index (χ2n) is 9.98. The lowest BCUT2D eigenvalue weighted by molar-refractivity contribution is -0.114. The summed E-state index contributed by atoms with van der Waals surface area (Å²) in [7, 11) is 0. The van der Waals surface area contributed by atoms with Gasteiger partial charge in [0.05, 0.1) is 17.1 Å². The molecular formula is C34H32N2O2S. The lowest BCUT2D eigenvalue weighted by Crippen LogP contribution is -2.33. The van der Waals surface area contributed by atoms with Crippen LogP contribution in [0.4, 0.5) is 5.69 Å². The summed E-state index contributed by atoms with van der Waals surface area (Å²) in [4.78, 5) is 30.0. The Balaban J connectivity index is 1.28. The Hall–Kier alpha value is -4.09. The first kappa shape index (κ1) is 26.5. The molecule has 196 valence electrons. The molecule has 4 aromatic rings. The quantitative estimate of drug-likeness (QED) is 0.240. The maximum absolute atomic E-state index is 13.6. The topological polar surface area (TPSA) is 49.4 Å². The largest absolute Gasteiger partial charge is 0.350 e. The second-order valence-corrected chi connectivity index (χ2v) is 11.1. The molecule has 1 aliphatic rings. The van der Waals surface area contributed by atoms with Crippen molar-refractivity contribution >= 4 is 35.3 Å². The number of rotatable bonds is 8. The SMILES string of the molecule is Cc1cccc(CN2C(=O)/C(=C\c3ccc(C(=O)N[C@@H](C)CCc4ccccc4)cc3)Sc3ccccc32)c1. The van der Waals surface area contributed by atoms with Crippen LogP contribution in [0.1, 0.15) is 46.0 Å². The number of thioether (sulfide) groups is 1. The van der Waals surface area contributed by atoms with Gasteiger partial charge in [0.15, 0.2) is 0 Å². The minimum absolute atomic E-state index is 0.0192. The number of benzene rings is 4. The monoisotopic (exact) mass is 532 g/mol. The number of hydrogen-bond acceptors (Lipinski definition) is 3. The molecule has 0 saturated carbocycles. The van der Waals surface area contributed by atoms with Crippen molar-refractivity contribution in [3.8, 4) is 0 Å². The molecule has 0 radical (unpaired) electrons. The highest BCUT2D eigenvalue weighted by Crippen LogP contribution is 2.42. The van der Waals surface area contributed by atoms with Gasteiger partial charge in [-0.25, -0.2) is 0 Å². The average molecular weight is 533 g/mol. The summed E-state index contributed by atoms with van der Waals surface area (Å²) >= 11 is 1.49. The third-order valence-electron chi connectivity index (χ3n) is 6.81. The zero-order valence-electron chi connectivity index (χ0n) is 22.3. The van der Waals surface area contributed by atoms with Gasteiger partial charge in [-0.1, -0.05) is 96.2 Å². The van der Waals surface area contributed by atoms with Crippen molar-refractivity contribution in [3.63, 3.8) is 0 Å². The zero-order valence-corrected chi connectivity index (χ0v) is 23.1. The normalized spacial score (nSPS) is 14.7. The Labute approximate surface area is 234 Å². The van der Waals surface area contributed by atoms with Crippen LogP contribution in [0, 0.1) is 6.92 Å². The summed E-state index contributed by atoms with van der Waals surface area (Å²) in [6, 6.07) is 34.1. The van der Waals surface area contributed by atoms with Gasteiger partial charge in [-0.3, -0.25) is 9.59 Å². The summed E-state index contributed by atoms with van der Waals surface area (Å²) in [5, 5.41) is 3.10. The van der Waals surface area contributed by atoms with Crippen LogP contribution in [-0.4, -0.2) is 17.9 Å².